The molecule has 0 atom stereocenters. The third-order valence-electron chi connectivity index (χ3n) is 4.51. The molecule has 0 bridgehead atoms. The summed E-state index contributed by atoms with van der Waals surface area (Å²) < 4.78 is 2.06. The Bertz CT molecular complexity index is 1030. The van der Waals surface area contributed by atoms with Crippen molar-refractivity contribution in [2.24, 2.45) is 7.05 Å². The number of aromatic nitrogens is 2. The predicted octanol–water partition coefficient (Wildman–Crippen LogP) is 4.70. The van der Waals surface area contributed by atoms with Gasteiger partial charge in [-0.3, -0.25) is 0 Å². The molecule has 0 fully saturated rings. The van der Waals surface area contributed by atoms with Gasteiger partial charge in [-0.25, -0.2) is 4.57 Å². The highest BCUT2D eigenvalue weighted by molar-refractivity contribution is 5.97. The lowest BCUT2D eigenvalue weighted by atomic mass is 9.95. The van der Waals surface area contributed by atoms with E-state index in [0.717, 1.165) is 5.82 Å². The van der Waals surface area contributed by atoms with Crippen molar-refractivity contribution in [2.75, 3.05) is 0 Å². The molecule has 0 aliphatic rings. The number of nitrogens with zero attached hydrogens (tertiary/aromatic N) is 2. The van der Waals surface area contributed by atoms with Crippen molar-refractivity contribution >= 4 is 10.8 Å². The van der Waals surface area contributed by atoms with E-state index in [-0.39, 0.29) is 0 Å². The van der Waals surface area contributed by atoms with Crippen molar-refractivity contribution in [3.05, 3.63) is 84.7 Å². The van der Waals surface area contributed by atoms with E-state index in [9.17, 15) is 0 Å². The normalized spacial score (nSPS) is 10.9. The summed E-state index contributed by atoms with van der Waals surface area (Å²) in [7, 11) is 2.03. The van der Waals surface area contributed by atoms with Gasteiger partial charge < -0.3 is 0 Å². The summed E-state index contributed by atoms with van der Waals surface area (Å²) in [6, 6.07) is 23.6. The highest BCUT2D eigenvalue weighted by Gasteiger charge is 2.15. The molecule has 4 aromatic rings. The van der Waals surface area contributed by atoms with Gasteiger partial charge in [0.2, 0.25) is 0 Å². The Morgan fingerprint density at radius 3 is 2.54 bits per heavy atom. The minimum atomic E-state index is 0.983. The van der Waals surface area contributed by atoms with E-state index in [4.69, 9.17) is 0 Å². The summed E-state index contributed by atoms with van der Waals surface area (Å²) in [5, 5.41) is 2.54. The second-order valence-corrected chi connectivity index (χ2v) is 6.11. The first-order chi connectivity index (χ1) is 11.7. The average molecular weight is 311 g/mol. The maximum atomic E-state index is 4.57. The van der Waals surface area contributed by atoms with Gasteiger partial charge in [0.1, 0.15) is 6.20 Å². The third-order valence-corrected chi connectivity index (χ3v) is 4.51. The quantitative estimate of drug-likeness (QED) is 0.490. The number of hydrogen-bond donors (Lipinski definition) is 0. The fourth-order valence-corrected chi connectivity index (χ4v) is 3.21. The minimum Gasteiger partial charge on any atom is -0.233 e. The zero-order valence-electron chi connectivity index (χ0n) is 13.9. The Morgan fingerprint density at radius 1 is 0.833 bits per heavy atom. The molecule has 3 aromatic carbocycles. The molecule has 0 saturated heterocycles. The number of benzene rings is 3. The maximum Gasteiger partial charge on any atom is 0.330 e. The Morgan fingerprint density at radius 2 is 1.67 bits per heavy atom. The molecule has 0 unspecified atom stereocenters. The first-order valence-corrected chi connectivity index (χ1v) is 8.14. The molecular weight excluding hydrogens is 292 g/mol. The lowest BCUT2D eigenvalue weighted by Crippen LogP contribution is -2.31. The highest BCUT2D eigenvalue weighted by Crippen LogP contribution is 2.31. The van der Waals surface area contributed by atoms with Gasteiger partial charge in [-0.05, 0) is 45.4 Å². The van der Waals surface area contributed by atoms with E-state index >= 15 is 0 Å². The number of aryl methyl sites for hydroxylation is 2. The molecule has 2 heteroatoms. The molecule has 0 spiro atoms. The standard InChI is InChI=1S/C22H19N2/c1-16-11-12-18(15-21(16)22-23-13-6-14-24(22)2)20-10-5-8-17-7-3-4-9-19(17)20/h3-15H,1-2H3/q+1. The number of hydrogen-bond acceptors (Lipinski definition) is 1. The van der Waals surface area contributed by atoms with E-state index in [2.05, 4.69) is 77.1 Å². The van der Waals surface area contributed by atoms with Crippen LogP contribution in [0.15, 0.2) is 79.1 Å². The van der Waals surface area contributed by atoms with Crippen molar-refractivity contribution in [3.8, 4) is 22.5 Å². The van der Waals surface area contributed by atoms with E-state index in [1.54, 1.807) is 0 Å². The molecule has 0 aliphatic heterocycles. The molecular formula is C22H19N2+. The lowest BCUT2D eigenvalue weighted by molar-refractivity contribution is -0.663. The van der Waals surface area contributed by atoms with Crippen molar-refractivity contribution in [1.29, 1.82) is 0 Å². The van der Waals surface area contributed by atoms with Gasteiger partial charge in [-0.2, -0.15) is 0 Å². The van der Waals surface area contributed by atoms with Crippen molar-refractivity contribution < 1.29 is 4.57 Å². The summed E-state index contributed by atoms with van der Waals surface area (Å²) in [6.45, 7) is 2.14. The Kier molecular flexibility index (Phi) is 3.58. The summed E-state index contributed by atoms with van der Waals surface area (Å²) in [5.74, 6) is 0.983. The average Bonchev–Trinajstić information content (AvgIpc) is 2.62. The fourth-order valence-electron chi connectivity index (χ4n) is 3.21. The van der Waals surface area contributed by atoms with Crippen molar-refractivity contribution in [1.82, 2.24) is 4.98 Å². The monoisotopic (exact) mass is 311 g/mol. The van der Waals surface area contributed by atoms with E-state index in [0.29, 0.717) is 0 Å². The van der Waals surface area contributed by atoms with Gasteiger partial charge in [0, 0.05) is 6.07 Å². The number of fused-ring (bicyclic) bond motifs is 1. The fraction of sp³-hybridized carbons (Fsp3) is 0.0909. The van der Waals surface area contributed by atoms with Crippen LogP contribution in [-0.2, 0) is 7.05 Å². The van der Waals surface area contributed by atoms with Crippen LogP contribution < -0.4 is 4.57 Å². The van der Waals surface area contributed by atoms with Gasteiger partial charge in [0.15, 0.2) is 0 Å². The molecule has 4 rings (SSSR count). The smallest absolute Gasteiger partial charge is 0.233 e. The van der Waals surface area contributed by atoms with Crippen LogP contribution in [-0.4, -0.2) is 4.98 Å². The Hall–Kier alpha value is -3.00. The predicted molar refractivity (Wildman–Crippen MR) is 98.5 cm³/mol. The Balaban J connectivity index is 1.94. The molecule has 0 aliphatic carbocycles. The molecule has 2 nitrogen and oxygen atoms in total. The van der Waals surface area contributed by atoms with Gasteiger partial charge in [-0.15, -0.1) is 0 Å². The minimum absolute atomic E-state index is 0.983. The Labute approximate surface area is 142 Å². The second-order valence-electron chi connectivity index (χ2n) is 6.11. The van der Waals surface area contributed by atoms with Gasteiger partial charge in [0.25, 0.3) is 0 Å². The van der Waals surface area contributed by atoms with Gasteiger partial charge in [0.05, 0.1) is 18.8 Å². The van der Waals surface area contributed by atoms with Crippen molar-refractivity contribution in [3.63, 3.8) is 0 Å². The highest BCUT2D eigenvalue weighted by atomic mass is 15.0. The van der Waals surface area contributed by atoms with E-state index in [1.807, 2.05) is 25.5 Å². The van der Waals surface area contributed by atoms with Crippen LogP contribution in [0, 0.1) is 6.92 Å². The summed E-state index contributed by atoms with van der Waals surface area (Å²) in [4.78, 5) is 4.57. The SMILES string of the molecule is Cc1ccc(-c2cccc3ccccc23)cc1-c1nccc[n+]1C. The van der Waals surface area contributed by atoms with Crippen LogP contribution in [0.1, 0.15) is 5.56 Å². The van der Waals surface area contributed by atoms with Crippen LogP contribution in [0.2, 0.25) is 0 Å². The molecule has 1 aromatic heterocycles. The van der Waals surface area contributed by atoms with Crippen LogP contribution in [0.5, 0.6) is 0 Å². The first kappa shape index (κ1) is 14.6. The van der Waals surface area contributed by atoms with Crippen LogP contribution >= 0.6 is 0 Å². The topological polar surface area (TPSA) is 16.8 Å². The molecule has 24 heavy (non-hydrogen) atoms. The maximum absolute atomic E-state index is 4.57. The van der Waals surface area contributed by atoms with Crippen molar-refractivity contribution in [2.45, 2.75) is 6.92 Å². The van der Waals surface area contributed by atoms with Gasteiger partial charge >= 0.3 is 5.82 Å². The first-order valence-electron chi connectivity index (χ1n) is 8.14. The summed E-state index contributed by atoms with van der Waals surface area (Å²) >= 11 is 0. The third kappa shape index (κ3) is 2.46. The summed E-state index contributed by atoms with van der Waals surface area (Å²) in [5.41, 5.74) is 4.88. The molecule has 0 saturated carbocycles. The zero-order chi connectivity index (χ0) is 16.5. The van der Waals surface area contributed by atoms with Crippen LogP contribution in [0.25, 0.3) is 33.3 Å². The van der Waals surface area contributed by atoms with Crippen LogP contribution in [0.4, 0.5) is 0 Å². The lowest BCUT2D eigenvalue weighted by Gasteiger charge is -2.10. The zero-order valence-corrected chi connectivity index (χ0v) is 13.9. The van der Waals surface area contributed by atoms with Crippen LogP contribution in [0.3, 0.4) is 0 Å². The second kappa shape index (κ2) is 5.89. The molecule has 0 amide bonds. The van der Waals surface area contributed by atoms with Gasteiger partial charge in [-0.1, -0.05) is 54.6 Å². The molecule has 0 radical (unpaired) electrons. The summed E-state index contributed by atoms with van der Waals surface area (Å²) in [6.07, 6.45) is 3.88. The molecule has 1 heterocycles. The van der Waals surface area contributed by atoms with E-state index in [1.165, 1.54) is 33.0 Å². The molecule has 116 valence electrons. The largest absolute Gasteiger partial charge is 0.330 e. The number of rotatable bonds is 2. The van der Waals surface area contributed by atoms with E-state index < -0.39 is 0 Å². The molecule has 0 N–H and O–H groups in total.